The van der Waals surface area contributed by atoms with Crippen LogP contribution in [0.2, 0.25) is 0 Å². The van der Waals surface area contributed by atoms with E-state index in [2.05, 4.69) is 15.6 Å². The number of carbonyl (C=O) groups excluding carboxylic acids is 2. The summed E-state index contributed by atoms with van der Waals surface area (Å²) in [5.74, 6) is -0.189. The van der Waals surface area contributed by atoms with Gasteiger partial charge in [0.15, 0.2) is 5.13 Å². The Morgan fingerprint density at radius 1 is 1.28 bits per heavy atom. The molecule has 0 saturated carbocycles. The van der Waals surface area contributed by atoms with Crippen LogP contribution in [0.15, 0.2) is 35.8 Å². The van der Waals surface area contributed by atoms with Gasteiger partial charge in [-0.05, 0) is 30.7 Å². The van der Waals surface area contributed by atoms with Crippen molar-refractivity contribution in [3.63, 3.8) is 0 Å². The van der Waals surface area contributed by atoms with Crippen LogP contribution < -0.4 is 10.6 Å². The topological polar surface area (TPSA) is 76.0 Å². The van der Waals surface area contributed by atoms with Crippen LogP contribution in [0.4, 0.5) is 5.13 Å². The molecule has 3 heterocycles. The van der Waals surface area contributed by atoms with Gasteiger partial charge in [-0.25, -0.2) is 4.98 Å². The van der Waals surface area contributed by atoms with Crippen molar-refractivity contribution in [2.45, 2.75) is 13.3 Å². The highest BCUT2D eigenvalue weighted by Gasteiger charge is 2.13. The lowest BCUT2D eigenvalue weighted by atomic mass is 10.3. The summed E-state index contributed by atoms with van der Waals surface area (Å²) in [6.45, 7) is 2.14. The van der Waals surface area contributed by atoms with Gasteiger partial charge in [-0.3, -0.25) is 14.9 Å². The van der Waals surface area contributed by atoms with E-state index in [0.29, 0.717) is 17.4 Å². The molecule has 0 aliphatic carbocycles. The summed E-state index contributed by atoms with van der Waals surface area (Å²) in [7, 11) is 1.83. The third-order valence-electron chi connectivity index (χ3n) is 3.56. The van der Waals surface area contributed by atoms with Crippen molar-refractivity contribution >= 4 is 39.6 Å². The standard InChI is InChI=1S/C17H18N4O2S2/c1-11(22)18-8-7-12-5-6-15(25-12)13-10-24-17(19-13)20-16(23)14-4-3-9-21(14)2/h3-6,9-10H,7-8H2,1-2H3,(H,18,22)(H,19,20,23). The Morgan fingerprint density at radius 3 is 2.84 bits per heavy atom. The van der Waals surface area contributed by atoms with Gasteiger partial charge in [0.25, 0.3) is 5.91 Å². The van der Waals surface area contributed by atoms with E-state index in [1.54, 1.807) is 22.0 Å². The van der Waals surface area contributed by atoms with Crippen LogP contribution in [0.5, 0.6) is 0 Å². The molecule has 0 fully saturated rings. The maximum absolute atomic E-state index is 12.2. The average Bonchev–Trinajstić information content (AvgIpc) is 3.27. The first-order valence-corrected chi connectivity index (χ1v) is 9.44. The molecule has 6 nitrogen and oxygen atoms in total. The van der Waals surface area contributed by atoms with E-state index in [-0.39, 0.29) is 11.8 Å². The van der Waals surface area contributed by atoms with Gasteiger partial charge in [0.05, 0.1) is 10.6 Å². The van der Waals surface area contributed by atoms with E-state index in [0.717, 1.165) is 17.0 Å². The molecule has 0 bridgehead atoms. The number of hydrogen-bond acceptors (Lipinski definition) is 5. The number of nitrogens with zero attached hydrogens (tertiary/aromatic N) is 2. The highest BCUT2D eigenvalue weighted by Crippen LogP contribution is 2.31. The molecule has 0 aromatic carbocycles. The van der Waals surface area contributed by atoms with Crippen molar-refractivity contribution in [1.29, 1.82) is 0 Å². The number of rotatable bonds is 6. The van der Waals surface area contributed by atoms with E-state index < -0.39 is 0 Å². The van der Waals surface area contributed by atoms with E-state index in [4.69, 9.17) is 0 Å². The minimum absolute atomic E-state index is 0.0186. The summed E-state index contributed by atoms with van der Waals surface area (Å²) in [6.07, 6.45) is 2.63. The number of thiophene rings is 1. The van der Waals surface area contributed by atoms with Crippen molar-refractivity contribution in [1.82, 2.24) is 14.9 Å². The number of hydrogen-bond donors (Lipinski definition) is 2. The minimum Gasteiger partial charge on any atom is -0.356 e. The zero-order chi connectivity index (χ0) is 17.8. The summed E-state index contributed by atoms with van der Waals surface area (Å²) in [6, 6.07) is 7.66. The van der Waals surface area contributed by atoms with Crippen LogP contribution in [0.25, 0.3) is 10.6 Å². The Balaban J connectivity index is 1.63. The van der Waals surface area contributed by atoms with Crippen LogP contribution in [-0.2, 0) is 18.3 Å². The van der Waals surface area contributed by atoms with E-state index >= 15 is 0 Å². The van der Waals surface area contributed by atoms with Gasteiger partial charge in [0, 0.05) is 37.0 Å². The number of nitrogens with one attached hydrogen (secondary N) is 2. The van der Waals surface area contributed by atoms with E-state index in [1.165, 1.54) is 23.1 Å². The number of anilines is 1. The van der Waals surface area contributed by atoms with Gasteiger partial charge in [-0.2, -0.15) is 0 Å². The maximum atomic E-state index is 12.2. The largest absolute Gasteiger partial charge is 0.356 e. The van der Waals surface area contributed by atoms with Crippen LogP contribution in [-0.4, -0.2) is 27.9 Å². The monoisotopic (exact) mass is 374 g/mol. The molecule has 2 N–H and O–H groups in total. The summed E-state index contributed by atoms with van der Waals surface area (Å²) < 4.78 is 1.77. The molecule has 0 aliphatic rings. The van der Waals surface area contributed by atoms with Crippen molar-refractivity contribution in [2.75, 3.05) is 11.9 Å². The lowest BCUT2D eigenvalue weighted by Crippen LogP contribution is -2.21. The molecule has 0 saturated heterocycles. The molecule has 2 amide bonds. The van der Waals surface area contributed by atoms with E-state index in [9.17, 15) is 9.59 Å². The molecule has 3 rings (SSSR count). The molecule has 3 aromatic rings. The predicted molar refractivity (Wildman–Crippen MR) is 101 cm³/mol. The highest BCUT2D eigenvalue weighted by molar-refractivity contribution is 7.17. The Hall–Kier alpha value is -2.45. The van der Waals surface area contributed by atoms with Gasteiger partial charge < -0.3 is 9.88 Å². The second kappa shape index (κ2) is 7.62. The third-order valence-corrected chi connectivity index (χ3v) is 5.49. The van der Waals surface area contributed by atoms with Gasteiger partial charge in [0.1, 0.15) is 5.69 Å². The molecular formula is C17H18N4O2S2. The van der Waals surface area contributed by atoms with Gasteiger partial charge in [-0.15, -0.1) is 22.7 Å². The minimum atomic E-state index is -0.171. The fourth-order valence-corrected chi connectivity index (χ4v) is 4.06. The number of aryl methyl sites for hydroxylation is 1. The molecule has 0 aliphatic heterocycles. The van der Waals surface area contributed by atoms with E-state index in [1.807, 2.05) is 36.8 Å². The second-order valence-electron chi connectivity index (χ2n) is 5.50. The zero-order valence-corrected chi connectivity index (χ0v) is 15.5. The third kappa shape index (κ3) is 4.34. The predicted octanol–water partition coefficient (Wildman–Crippen LogP) is 3.14. The second-order valence-corrected chi connectivity index (χ2v) is 7.52. The summed E-state index contributed by atoms with van der Waals surface area (Å²) in [4.78, 5) is 29.9. The summed E-state index contributed by atoms with van der Waals surface area (Å²) in [5, 5.41) is 8.14. The fraction of sp³-hybridized carbons (Fsp3) is 0.235. The molecule has 0 spiro atoms. The quantitative estimate of drug-likeness (QED) is 0.696. The van der Waals surface area contributed by atoms with Crippen molar-refractivity contribution in [2.24, 2.45) is 7.05 Å². The van der Waals surface area contributed by atoms with Crippen molar-refractivity contribution in [3.05, 3.63) is 46.4 Å². The number of amides is 2. The summed E-state index contributed by atoms with van der Waals surface area (Å²) in [5.41, 5.74) is 1.44. The molecule has 3 aromatic heterocycles. The Bertz CT molecular complexity index is 894. The SMILES string of the molecule is CC(=O)NCCc1ccc(-c2csc(NC(=O)c3cccn3C)n2)s1. The Labute approximate surface area is 153 Å². The molecule has 0 atom stereocenters. The Morgan fingerprint density at radius 2 is 2.12 bits per heavy atom. The van der Waals surface area contributed by atoms with Crippen molar-refractivity contribution in [3.8, 4) is 10.6 Å². The molecular weight excluding hydrogens is 356 g/mol. The van der Waals surface area contributed by atoms with Crippen molar-refractivity contribution < 1.29 is 9.59 Å². The average molecular weight is 374 g/mol. The molecule has 25 heavy (non-hydrogen) atoms. The smallest absolute Gasteiger partial charge is 0.274 e. The first-order chi connectivity index (χ1) is 12.0. The first-order valence-electron chi connectivity index (χ1n) is 7.74. The van der Waals surface area contributed by atoms with Crippen LogP contribution in [0.3, 0.4) is 0 Å². The number of aromatic nitrogens is 2. The van der Waals surface area contributed by atoms with Crippen LogP contribution in [0.1, 0.15) is 22.3 Å². The molecule has 130 valence electrons. The highest BCUT2D eigenvalue weighted by atomic mass is 32.1. The van der Waals surface area contributed by atoms with Gasteiger partial charge >= 0.3 is 0 Å². The zero-order valence-electron chi connectivity index (χ0n) is 13.9. The van der Waals surface area contributed by atoms with Gasteiger partial charge in [-0.1, -0.05) is 0 Å². The van der Waals surface area contributed by atoms with Crippen LogP contribution in [0, 0.1) is 0 Å². The Kier molecular flexibility index (Phi) is 5.30. The molecule has 8 heteroatoms. The van der Waals surface area contributed by atoms with Gasteiger partial charge in [0.2, 0.25) is 5.91 Å². The molecule has 0 unspecified atom stereocenters. The first kappa shape index (κ1) is 17.4. The van der Waals surface area contributed by atoms with Crippen LogP contribution >= 0.6 is 22.7 Å². The lowest BCUT2D eigenvalue weighted by molar-refractivity contribution is -0.118. The number of thiazole rings is 1. The normalized spacial score (nSPS) is 10.6. The fourth-order valence-electron chi connectivity index (χ4n) is 2.31. The summed E-state index contributed by atoms with van der Waals surface area (Å²) >= 11 is 3.05. The lowest BCUT2D eigenvalue weighted by Gasteiger charge is -2.02. The maximum Gasteiger partial charge on any atom is 0.274 e. The number of carbonyl (C=O) groups is 2. The molecule has 0 radical (unpaired) electrons.